The lowest BCUT2D eigenvalue weighted by molar-refractivity contribution is -0.134. The van der Waals surface area contributed by atoms with Crippen LogP contribution in [0.15, 0.2) is 29.8 Å². The zero-order chi connectivity index (χ0) is 22.2. The van der Waals surface area contributed by atoms with Gasteiger partial charge in [-0.15, -0.1) is 6.58 Å². The maximum absolute atomic E-state index is 12.7. The summed E-state index contributed by atoms with van der Waals surface area (Å²) in [6.07, 6.45) is 7.98. The van der Waals surface area contributed by atoms with E-state index in [0.717, 1.165) is 55.2 Å². The van der Waals surface area contributed by atoms with E-state index < -0.39 is 0 Å². The molecule has 2 fully saturated rings. The quantitative estimate of drug-likeness (QED) is 0.378. The minimum atomic E-state index is 0.221. The SMILES string of the molecule is C=CCc1cc(CNC(=NC)NC2CCN(C(=O)C3CCCC3)C2)cc(OC)c1OC. The first-order valence-electron chi connectivity index (χ1n) is 11.2. The molecule has 1 saturated heterocycles. The van der Waals surface area contributed by atoms with Gasteiger partial charge in [0.2, 0.25) is 5.91 Å². The van der Waals surface area contributed by atoms with Crippen molar-refractivity contribution < 1.29 is 14.3 Å². The van der Waals surface area contributed by atoms with Gasteiger partial charge in [-0.25, -0.2) is 0 Å². The highest BCUT2D eigenvalue weighted by Gasteiger charge is 2.32. The third-order valence-electron chi connectivity index (χ3n) is 6.21. The highest BCUT2D eigenvalue weighted by Crippen LogP contribution is 2.33. The largest absolute Gasteiger partial charge is 0.493 e. The number of amides is 1. The molecule has 1 amide bonds. The van der Waals surface area contributed by atoms with Gasteiger partial charge in [0.05, 0.1) is 14.2 Å². The Morgan fingerprint density at radius 3 is 2.68 bits per heavy atom. The summed E-state index contributed by atoms with van der Waals surface area (Å²) in [5.74, 6) is 2.76. The molecular weight excluding hydrogens is 392 g/mol. The van der Waals surface area contributed by atoms with Gasteiger partial charge in [0.15, 0.2) is 17.5 Å². The van der Waals surface area contributed by atoms with Gasteiger partial charge >= 0.3 is 0 Å². The molecule has 0 radical (unpaired) electrons. The Bertz CT molecular complexity index is 802. The lowest BCUT2D eigenvalue weighted by Crippen LogP contribution is -2.45. The number of aliphatic imine (C=N–C) groups is 1. The van der Waals surface area contributed by atoms with E-state index in [1.807, 2.05) is 17.0 Å². The Hall–Kier alpha value is -2.70. The zero-order valence-electron chi connectivity index (χ0n) is 19.1. The average Bonchev–Trinajstić information content (AvgIpc) is 3.48. The van der Waals surface area contributed by atoms with Crippen LogP contribution in [0.5, 0.6) is 11.5 Å². The molecule has 1 aromatic rings. The van der Waals surface area contributed by atoms with Crippen LogP contribution in [0, 0.1) is 5.92 Å². The first-order valence-corrected chi connectivity index (χ1v) is 11.2. The summed E-state index contributed by atoms with van der Waals surface area (Å²) in [7, 11) is 5.06. The third kappa shape index (κ3) is 5.71. The molecule has 2 N–H and O–H groups in total. The molecule has 0 bridgehead atoms. The summed E-state index contributed by atoms with van der Waals surface area (Å²) in [4.78, 5) is 19.1. The Balaban J connectivity index is 1.56. The van der Waals surface area contributed by atoms with Gasteiger partial charge in [0.25, 0.3) is 0 Å². The van der Waals surface area contributed by atoms with Crippen molar-refractivity contribution in [1.82, 2.24) is 15.5 Å². The minimum absolute atomic E-state index is 0.221. The van der Waals surface area contributed by atoms with Crippen LogP contribution in [0.3, 0.4) is 0 Å². The summed E-state index contributed by atoms with van der Waals surface area (Å²) in [5.41, 5.74) is 2.11. The number of likely N-dealkylation sites (tertiary alicyclic amines) is 1. The number of rotatable bonds is 8. The van der Waals surface area contributed by atoms with E-state index in [-0.39, 0.29) is 12.0 Å². The molecule has 3 rings (SSSR count). The fourth-order valence-electron chi connectivity index (χ4n) is 4.60. The number of carbonyl (C=O) groups excluding carboxylic acids is 1. The molecule has 1 aliphatic heterocycles. The number of nitrogens with zero attached hydrogens (tertiary/aromatic N) is 2. The van der Waals surface area contributed by atoms with Gasteiger partial charge in [-0.05, 0) is 43.4 Å². The van der Waals surface area contributed by atoms with Crippen LogP contribution >= 0.6 is 0 Å². The lowest BCUT2D eigenvalue weighted by Gasteiger charge is -2.21. The molecule has 0 aromatic heterocycles. The van der Waals surface area contributed by atoms with Crippen molar-refractivity contribution >= 4 is 11.9 Å². The second-order valence-electron chi connectivity index (χ2n) is 8.30. The van der Waals surface area contributed by atoms with Crippen LogP contribution in [0.2, 0.25) is 0 Å². The van der Waals surface area contributed by atoms with Crippen molar-refractivity contribution in [3.8, 4) is 11.5 Å². The van der Waals surface area contributed by atoms with Crippen LogP contribution in [0.1, 0.15) is 43.2 Å². The molecule has 1 unspecified atom stereocenters. The van der Waals surface area contributed by atoms with Gasteiger partial charge in [0, 0.05) is 44.2 Å². The smallest absolute Gasteiger partial charge is 0.225 e. The van der Waals surface area contributed by atoms with Crippen molar-refractivity contribution in [3.05, 3.63) is 35.9 Å². The molecule has 31 heavy (non-hydrogen) atoms. The Morgan fingerprint density at radius 1 is 1.26 bits per heavy atom. The van der Waals surface area contributed by atoms with Gasteiger partial charge in [0.1, 0.15) is 0 Å². The van der Waals surface area contributed by atoms with Crippen LogP contribution in [0.25, 0.3) is 0 Å². The third-order valence-corrected chi connectivity index (χ3v) is 6.21. The van der Waals surface area contributed by atoms with Gasteiger partial charge < -0.3 is 25.0 Å². The Kier molecular flexibility index (Phi) is 8.20. The van der Waals surface area contributed by atoms with E-state index in [1.54, 1.807) is 21.3 Å². The molecule has 1 atom stereocenters. The molecule has 7 nitrogen and oxygen atoms in total. The van der Waals surface area contributed by atoms with Crippen LogP contribution in [-0.4, -0.2) is 57.2 Å². The Morgan fingerprint density at radius 2 is 2.03 bits per heavy atom. The van der Waals surface area contributed by atoms with Crippen LogP contribution < -0.4 is 20.1 Å². The van der Waals surface area contributed by atoms with Crippen molar-refractivity contribution in [2.75, 3.05) is 34.4 Å². The van der Waals surface area contributed by atoms with Gasteiger partial charge in [-0.2, -0.15) is 0 Å². The number of hydrogen-bond acceptors (Lipinski definition) is 4. The van der Waals surface area contributed by atoms with E-state index >= 15 is 0 Å². The lowest BCUT2D eigenvalue weighted by atomic mass is 10.1. The number of benzene rings is 1. The second-order valence-corrected chi connectivity index (χ2v) is 8.30. The number of ether oxygens (including phenoxy) is 2. The molecule has 170 valence electrons. The number of allylic oxidation sites excluding steroid dienone is 1. The zero-order valence-corrected chi connectivity index (χ0v) is 19.1. The standard InChI is InChI=1S/C24H36N4O3/c1-5-8-19-13-17(14-21(30-3)22(19)31-4)15-26-24(25-2)27-20-11-12-28(16-20)23(29)18-9-6-7-10-18/h5,13-14,18,20H,1,6-12,15-16H2,2-4H3,(H2,25,26,27). The van der Waals surface area contributed by atoms with Crippen molar-refractivity contribution in [3.63, 3.8) is 0 Å². The maximum atomic E-state index is 12.7. The average molecular weight is 429 g/mol. The molecule has 7 heteroatoms. The van der Waals surface area contributed by atoms with Gasteiger partial charge in [-0.3, -0.25) is 9.79 Å². The molecule has 1 heterocycles. The van der Waals surface area contributed by atoms with E-state index in [4.69, 9.17) is 9.47 Å². The van der Waals surface area contributed by atoms with Crippen LogP contribution in [0.4, 0.5) is 0 Å². The molecule has 1 aromatic carbocycles. The minimum Gasteiger partial charge on any atom is -0.493 e. The summed E-state index contributed by atoms with van der Waals surface area (Å²) in [6.45, 7) is 6.00. The van der Waals surface area contributed by atoms with Gasteiger partial charge in [-0.1, -0.05) is 18.9 Å². The first-order chi connectivity index (χ1) is 15.1. The van der Waals surface area contributed by atoms with E-state index in [2.05, 4.69) is 28.3 Å². The van der Waals surface area contributed by atoms with Crippen LogP contribution in [-0.2, 0) is 17.8 Å². The van der Waals surface area contributed by atoms with Crippen molar-refractivity contribution in [2.45, 2.75) is 51.1 Å². The topological polar surface area (TPSA) is 75.2 Å². The number of carbonyl (C=O) groups is 1. The number of guanidine groups is 1. The number of hydrogen-bond donors (Lipinski definition) is 2. The summed E-state index contributed by atoms with van der Waals surface area (Å²) < 4.78 is 11.0. The monoisotopic (exact) mass is 428 g/mol. The predicted octanol–water partition coefficient (Wildman–Crippen LogP) is 2.89. The highest BCUT2D eigenvalue weighted by molar-refractivity contribution is 5.81. The first kappa shape index (κ1) is 23.0. The van der Waals surface area contributed by atoms with E-state index in [0.29, 0.717) is 24.6 Å². The molecule has 0 spiro atoms. The molecule has 2 aliphatic rings. The van der Waals surface area contributed by atoms with E-state index in [1.165, 1.54) is 12.8 Å². The van der Waals surface area contributed by atoms with Crippen molar-refractivity contribution in [1.29, 1.82) is 0 Å². The Labute approximate surface area is 185 Å². The normalized spacial score (nSPS) is 19.4. The number of methoxy groups -OCH3 is 2. The van der Waals surface area contributed by atoms with E-state index in [9.17, 15) is 4.79 Å². The molecule has 1 saturated carbocycles. The summed E-state index contributed by atoms with van der Waals surface area (Å²) in [6, 6.07) is 4.29. The molecular formula is C24H36N4O3. The van der Waals surface area contributed by atoms with Crippen molar-refractivity contribution in [2.24, 2.45) is 10.9 Å². The molecule has 1 aliphatic carbocycles. The number of nitrogens with one attached hydrogen (secondary N) is 2. The fraction of sp³-hybridized carbons (Fsp3) is 0.583. The predicted molar refractivity (Wildman–Crippen MR) is 124 cm³/mol. The second kappa shape index (κ2) is 11.1. The summed E-state index contributed by atoms with van der Waals surface area (Å²) in [5, 5.41) is 6.86. The fourth-order valence-corrected chi connectivity index (χ4v) is 4.60. The maximum Gasteiger partial charge on any atom is 0.225 e. The highest BCUT2D eigenvalue weighted by atomic mass is 16.5. The summed E-state index contributed by atoms with van der Waals surface area (Å²) >= 11 is 0.